The van der Waals surface area contributed by atoms with Crippen molar-refractivity contribution in [2.75, 3.05) is 6.54 Å². The van der Waals surface area contributed by atoms with Crippen LogP contribution in [-0.2, 0) is 11.3 Å². The highest BCUT2D eigenvalue weighted by atomic mass is 19.1. The van der Waals surface area contributed by atoms with E-state index in [9.17, 15) is 9.18 Å². The van der Waals surface area contributed by atoms with Gasteiger partial charge in [-0.1, -0.05) is 18.2 Å². The number of benzene rings is 2. The van der Waals surface area contributed by atoms with E-state index >= 15 is 0 Å². The van der Waals surface area contributed by atoms with Gasteiger partial charge in [0.2, 0.25) is 0 Å². The third-order valence-electron chi connectivity index (χ3n) is 4.30. The lowest BCUT2D eigenvalue weighted by Gasteiger charge is -2.02. The molecule has 0 radical (unpaired) electrons. The van der Waals surface area contributed by atoms with Gasteiger partial charge in [-0.2, -0.15) is 0 Å². The Morgan fingerprint density at radius 1 is 1.28 bits per heavy atom. The maximum Gasteiger partial charge on any atom is 0.300 e. The van der Waals surface area contributed by atoms with E-state index in [1.807, 2.05) is 30.5 Å². The number of aromatic amines is 1. The van der Waals surface area contributed by atoms with Crippen molar-refractivity contribution < 1.29 is 14.3 Å². The molecule has 0 aliphatic rings. The highest BCUT2D eigenvalue weighted by Gasteiger charge is 2.15. The zero-order valence-corrected chi connectivity index (χ0v) is 15.9. The van der Waals surface area contributed by atoms with Gasteiger partial charge >= 0.3 is 0 Å². The van der Waals surface area contributed by atoms with Crippen LogP contribution in [-0.4, -0.2) is 32.2 Å². The van der Waals surface area contributed by atoms with Gasteiger partial charge < -0.3 is 20.4 Å². The first-order valence-electron chi connectivity index (χ1n) is 9.08. The molecule has 0 atom stereocenters. The van der Waals surface area contributed by atoms with Gasteiger partial charge in [-0.25, -0.2) is 9.37 Å². The molecule has 0 spiro atoms. The summed E-state index contributed by atoms with van der Waals surface area (Å²) in [5.41, 5.74) is 8.36. The number of halogens is 1. The molecule has 8 heteroatoms. The molecule has 0 saturated carbocycles. The average molecular weight is 396 g/mol. The number of aromatic nitrogens is 3. The van der Waals surface area contributed by atoms with Crippen LogP contribution in [0.25, 0.3) is 33.2 Å². The number of carboxylic acids is 1. The Kier molecular flexibility index (Phi) is 6.04. The third-order valence-corrected chi connectivity index (χ3v) is 4.30. The minimum atomic E-state index is -0.833. The molecule has 2 aromatic carbocycles. The van der Waals surface area contributed by atoms with E-state index in [1.165, 1.54) is 12.1 Å². The molecule has 0 aliphatic carbocycles. The third kappa shape index (κ3) is 4.49. The molecule has 0 saturated heterocycles. The SMILES string of the molecule is CC(=O)O.NCCCn1cc(-c2nc3ccc(F)cc3[nH]c2=O)c2ccccc21. The van der Waals surface area contributed by atoms with E-state index < -0.39 is 11.8 Å². The Morgan fingerprint density at radius 2 is 2.00 bits per heavy atom. The number of rotatable bonds is 4. The van der Waals surface area contributed by atoms with Gasteiger partial charge in [-0.15, -0.1) is 0 Å². The molecule has 29 heavy (non-hydrogen) atoms. The summed E-state index contributed by atoms with van der Waals surface area (Å²) >= 11 is 0. The second kappa shape index (κ2) is 8.66. The minimum Gasteiger partial charge on any atom is -0.481 e. The number of carbonyl (C=O) groups is 1. The number of nitrogens with zero attached hydrogens (tertiary/aromatic N) is 2. The summed E-state index contributed by atoms with van der Waals surface area (Å²) in [6.07, 6.45) is 2.78. The normalized spacial score (nSPS) is 10.7. The average Bonchev–Trinajstić information content (AvgIpc) is 3.04. The molecule has 7 nitrogen and oxygen atoms in total. The van der Waals surface area contributed by atoms with E-state index in [-0.39, 0.29) is 5.56 Å². The maximum absolute atomic E-state index is 13.4. The molecule has 0 fully saturated rings. The Bertz CT molecular complexity index is 1230. The van der Waals surface area contributed by atoms with Gasteiger partial charge in [0.05, 0.1) is 11.0 Å². The molecule has 0 unspecified atom stereocenters. The lowest BCUT2D eigenvalue weighted by atomic mass is 10.1. The van der Waals surface area contributed by atoms with Crippen LogP contribution < -0.4 is 11.3 Å². The number of aliphatic carboxylic acids is 1. The molecule has 2 heterocycles. The van der Waals surface area contributed by atoms with Crippen molar-refractivity contribution >= 4 is 27.9 Å². The van der Waals surface area contributed by atoms with Gasteiger partial charge in [0.15, 0.2) is 0 Å². The van der Waals surface area contributed by atoms with Gasteiger partial charge in [0.1, 0.15) is 11.5 Å². The van der Waals surface area contributed by atoms with Crippen LogP contribution in [0.4, 0.5) is 4.39 Å². The summed E-state index contributed by atoms with van der Waals surface area (Å²) in [7, 11) is 0. The van der Waals surface area contributed by atoms with Crippen LogP contribution in [0, 0.1) is 5.82 Å². The lowest BCUT2D eigenvalue weighted by Crippen LogP contribution is -2.11. The highest BCUT2D eigenvalue weighted by Crippen LogP contribution is 2.28. The van der Waals surface area contributed by atoms with Crippen molar-refractivity contribution in [1.29, 1.82) is 0 Å². The second-order valence-corrected chi connectivity index (χ2v) is 6.49. The van der Waals surface area contributed by atoms with Crippen molar-refractivity contribution in [3.63, 3.8) is 0 Å². The van der Waals surface area contributed by atoms with E-state index in [0.717, 1.165) is 36.4 Å². The Balaban J connectivity index is 0.000000552. The fraction of sp³-hybridized carbons (Fsp3) is 0.190. The standard InChI is InChI=1S/C19H17FN4O.C2H4O2/c20-12-6-7-15-16(10-12)23-19(25)18(22-15)14-11-24(9-3-8-21)17-5-2-1-4-13(14)17;1-2(3)4/h1-2,4-7,10-11H,3,8-9,21H2,(H,23,25);1H3,(H,3,4). The highest BCUT2D eigenvalue weighted by molar-refractivity contribution is 5.95. The first-order valence-corrected chi connectivity index (χ1v) is 9.08. The number of hydrogen-bond acceptors (Lipinski definition) is 4. The first kappa shape index (κ1) is 20.2. The summed E-state index contributed by atoms with van der Waals surface area (Å²) in [5.74, 6) is -1.24. The molecule has 0 aliphatic heterocycles. The minimum absolute atomic E-state index is 0.333. The summed E-state index contributed by atoms with van der Waals surface area (Å²) < 4.78 is 15.4. The van der Waals surface area contributed by atoms with Crippen LogP contribution in [0.15, 0.2) is 53.5 Å². The molecule has 4 aromatic rings. The number of carboxylic acid groups (broad SMARTS) is 1. The van der Waals surface area contributed by atoms with Crippen molar-refractivity contribution in [3.8, 4) is 11.3 Å². The number of fused-ring (bicyclic) bond motifs is 2. The smallest absolute Gasteiger partial charge is 0.300 e. The molecular formula is C21H21FN4O3. The van der Waals surface area contributed by atoms with E-state index in [1.54, 1.807) is 6.07 Å². The fourth-order valence-corrected chi connectivity index (χ4v) is 3.12. The number of H-pyrrole nitrogens is 1. The molecule has 2 aromatic heterocycles. The van der Waals surface area contributed by atoms with Crippen molar-refractivity contribution in [2.24, 2.45) is 5.73 Å². The van der Waals surface area contributed by atoms with Gasteiger partial charge in [-0.3, -0.25) is 9.59 Å². The second-order valence-electron chi connectivity index (χ2n) is 6.49. The quantitative estimate of drug-likeness (QED) is 0.490. The number of para-hydroxylation sites is 1. The Hall–Kier alpha value is -3.52. The number of nitrogens with two attached hydrogens (primary N) is 1. The monoisotopic (exact) mass is 396 g/mol. The molecule has 4 rings (SSSR count). The van der Waals surface area contributed by atoms with Crippen molar-refractivity contribution in [1.82, 2.24) is 14.5 Å². The summed E-state index contributed by atoms with van der Waals surface area (Å²) in [6, 6.07) is 12.1. The van der Waals surface area contributed by atoms with Crippen LogP contribution in [0.2, 0.25) is 0 Å². The number of nitrogens with one attached hydrogen (secondary N) is 1. The molecule has 0 amide bonds. The van der Waals surface area contributed by atoms with Crippen molar-refractivity contribution in [2.45, 2.75) is 19.9 Å². The fourth-order valence-electron chi connectivity index (χ4n) is 3.12. The number of hydrogen-bond donors (Lipinski definition) is 3. The number of aryl methyl sites for hydroxylation is 1. The summed E-state index contributed by atoms with van der Waals surface area (Å²) in [5, 5.41) is 8.37. The van der Waals surface area contributed by atoms with Crippen LogP contribution in [0.5, 0.6) is 0 Å². The molecular weight excluding hydrogens is 375 g/mol. The zero-order chi connectivity index (χ0) is 21.0. The Morgan fingerprint density at radius 3 is 2.72 bits per heavy atom. The molecule has 0 bridgehead atoms. The van der Waals surface area contributed by atoms with E-state index in [0.29, 0.717) is 23.3 Å². The predicted octanol–water partition coefficient (Wildman–Crippen LogP) is 3.12. The van der Waals surface area contributed by atoms with Gasteiger partial charge in [0, 0.05) is 36.1 Å². The Labute approximate surface area is 165 Å². The van der Waals surface area contributed by atoms with E-state index in [2.05, 4.69) is 14.5 Å². The van der Waals surface area contributed by atoms with Crippen LogP contribution in [0.1, 0.15) is 13.3 Å². The van der Waals surface area contributed by atoms with Gasteiger partial charge in [-0.05, 0) is 37.2 Å². The summed E-state index contributed by atoms with van der Waals surface area (Å²) in [6.45, 7) is 2.45. The maximum atomic E-state index is 13.4. The topological polar surface area (TPSA) is 114 Å². The summed E-state index contributed by atoms with van der Waals surface area (Å²) in [4.78, 5) is 28.8. The van der Waals surface area contributed by atoms with E-state index in [4.69, 9.17) is 15.6 Å². The first-order chi connectivity index (χ1) is 13.9. The molecule has 150 valence electrons. The largest absolute Gasteiger partial charge is 0.481 e. The van der Waals surface area contributed by atoms with Crippen molar-refractivity contribution in [3.05, 3.63) is 64.8 Å². The van der Waals surface area contributed by atoms with Crippen LogP contribution in [0.3, 0.4) is 0 Å². The lowest BCUT2D eigenvalue weighted by molar-refractivity contribution is -0.134. The van der Waals surface area contributed by atoms with Crippen LogP contribution >= 0.6 is 0 Å². The zero-order valence-electron chi connectivity index (χ0n) is 15.9. The predicted molar refractivity (Wildman–Crippen MR) is 110 cm³/mol. The molecule has 4 N–H and O–H groups in total. The van der Waals surface area contributed by atoms with Gasteiger partial charge in [0.25, 0.3) is 11.5 Å².